The van der Waals surface area contributed by atoms with Crippen LogP contribution in [0.5, 0.6) is 5.75 Å². The van der Waals surface area contributed by atoms with E-state index < -0.39 is 6.10 Å². The largest absolute Gasteiger partial charge is 0.491 e. The molecule has 0 spiro atoms. The molecule has 0 radical (unpaired) electrons. The van der Waals surface area contributed by atoms with E-state index in [4.69, 9.17) is 9.84 Å². The van der Waals surface area contributed by atoms with E-state index in [0.717, 1.165) is 31.4 Å². The minimum atomic E-state index is -0.392. The van der Waals surface area contributed by atoms with Crippen LogP contribution in [0, 0.1) is 5.92 Å². The number of rotatable bonds is 9. The van der Waals surface area contributed by atoms with Crippen LogP contribution in [0.4, 0.5) is 0 Å². The zero-order valence-corrected chi connectivity index (χ0v) is 12.0. The van der Waals surface area contributed by atoms with Crippen molar-refractivity contribution < 1.29 is 14.9 Å². The molecular weight excluding hydrogens is 240 g/mol. The third-order valence-electron chi connectivity index (χ3n) is 3.07. The van der Waals surface area contributed by atoms with Crippen molar-refractivity contribution in [3.63, 3.8) is 0 Å². The van der Waals surface area contributed by atoms with Gasteiger partial charge in [-0.15, -0.1) is 0 Å². The van der Waals surface area contributed by atoms with E-state index in [0.29, 0.717) is 12.5 Å². The summed E-state index contributed by atoms with van der Waals surface area (Å²) in [6.45, 7) is 4.88. The van der Waals surface area contributed by atoms with E-state index in [1.165, 1.54) is 5.56 Å². The summed E-state index contributed by atoms with van der Waals surface area (Å²) in [5.41, 5.74) is 1.20. The molecule has 3 nitrogen and oxygen atoms in total. The van der Waals surface area contributed by atoms with Gasteiger partial charge in [-0.05, 0) is 49.3 Å². The van der Waals surface area contributed by atoms with Crippen molar-refractivity contribution in [3.8, 4) is 5.75 Å². The highest BCUT2D eigenvalue weighted by molar-refractivity contribution is 5.27. The lowest BCUT2D eigenvalue weighted by Gasteiger charge is -2.13. The summed E-state index contributed by atoms with van der Waals surface area (Å²) >= 11 is 0. The minimum absolute atomic E-state index is 0.223. The van der Waals surface area contributed by atoms with Gasteiger partial charge in [0.2, 0.25) is 0 Å². The molecular formula is C16H26O3. The third-order valence-corrected chi connectivity index (χ3v) is 3.07. The first kappa shape index (κ1) is 16.0. The predicted octanol–water partition coefficient (Wildman–Crippen LogP) is 2.79. The Hall–Kier alpha value is -1.06. The van der Waals surface area contributed by atoms with Gasteiger partial charge in [0.1, 0.15) is 12.4 Å². The maximum absolute atomic E-state index is 9.78. The van der Waals surface area contributed by atoms with Gasteiger partial charge in [0.25, 0.3) is 0 Å². The van der Waals surface area contributed by atoms with Gasteiger partial charge in [0, 0.05) is 6.61 Å². The number of ether oxygens (including phenoxy) is 1. The Labute approximate surface area is 116 Å². The first-order valence-corrected chi connectivity index (χ1v) is 7.12. The van der Waals surface area contributed by atoms with Crippen molar-refractivity contribution in [1.82, 2.24) is 0 Å². The average Bonchev–Trinajstić information content (AvgIpc) is 2.41. The van der Waals surface area contributed by atoms with Crippen molar-refractivity contribution in [2.45, 2.75) is 45.6 Å². The highest BCUT2D eigenvalue weighted by Crippen LogP contribution is 2.14. The summed E-state index contributed by atoms with van der Waals surface area (Å²) in [5, 5.41) is 18.5. The third kappa shape index (κ3) is 7.19. The molecule has 0 amide bonds. The van der Waals surface area contributed by atoms with E-state index in [-0.39, 0.29) is 6.61 Å². The summed E-state index contributed by atoms with van der Waals surface area (Å²) < 4.78 is 5.56. The van der Waals surface area contributed by atoms with Crippen LogP contribution in [0.25, 0.3) is 0 Å². The van der Waals surface area contributed by atoms with Crippen LogP contribution in [0.15, 0.2) is 24.3 Å². The molecule has 0 aliphatic carbocycles. The van der Waals surface area contributed by atoms with Crippen molar-refractivity contribution >= 4 is 0 Å². The fourth-order valence-electron chi connectivity index (χ4n) is 1.84. The molecule has 1 aromatic rings. The summed E-state index contributed by atoms with van der Waals surface area (Å²) in [5.74, 6) is 1.40. The monoisotopic (exact) mass is 266 g/mol. The van der Waals surface area contributed by atoms with Gasteiger partial charge in [0.15, 0.2) is 0 Å². The Morgan fingerprint density at radius 2 is 1.79 bits per heavy atom. The van der Waals surface area contributed by atoms with Crippen LogP contribution in [0.1, 0.15) is 38.7 Å². The second-order valence-corrected chi connectivity index (χ2v) is 5.41. The fraction of sp³-hybridized carbons (Fsp3) is 0.625. The van der Waals surface area contributed by atoms with Gasteiger partial charge >= 0.3 is 0 Å². The molecule has 108 valence electrons. The van der Waals surface area contributed by atoms with Crippen LogP contribution >= 0.6 is 0 Å². The van der Waals surface area contributed by atoms with Crippen molar-refractivity contribution in [2.24, 2.45) is 5.92 Å². The number of hydrogen-bond donors (Lipinski definition) is 2. The van der Waals surface area contributed by atoms with Crippen molar-refractivity contribution in [1.29, 1.82) is 0 Å². The highest BCUT2D eigenvalue weighted by Gasteiger charge is 2.06. The number of hydrogen-bond acceptors (Lipinski definition) is 3. The Morgan fingerprint density at radius 3 is 2.37 bits per heavy atom. The van der Waals surface area contributed by atoms with E-state index in [1.807, 2.05) is 24.3 Å². The van der Waals surface area contributed by atoms with Crippen LogP contribution < -0.4 is 4.74 Å². The Balaban J connectivity index is 2.29. The van der Waals surface area contributed by atoms with E-state index in [2.05, 4.69) is 13.8 Å². The molecule has 1 aromatic carbocycles. The molecule has 0 aliphatic heterocycles. The summed E-state index contributed by atoms with van der Waals surface area (Å²) in [6, 6.07) is 7.85. The summed E-state index contributed by atoms with van der Waals surface area (Å²) in [7, 11) is 0. The normalized spacial score (nSPS) is 12.7. The van der Waals surface area contributed by atoms with Crippen LogP contribution in [-0.4, -0.2) is 29.5 Å². The Kier molecular flexibility index (Phi) is 7.53. The molecule has 0 saturated heterocycles. The summed E-state index contributed by atoms with van der Waals surface area (Å²) in [6.07, 6.45) is 3.08. The first-order valence-electron chi connectivity index (χ1n) is 7.12. The molecule has 0 heterocycles. The van der Waals surface area contributed by atoms with Crippen molar-refractivity contribution in [3.05, 3.63) is 29.8 Å². The standard InChI is InChI=1S/C16H26O3/c1-13(2)5-8-15(18)12-19-16-9-6-14(7-10-16)4-3-11-17/h6-7,9-10,13,15,17-18H,3-5,8,11-12H2,1-2H3. The lowest BCUT2D eigenvalue weighted by Crippen LogP contribution is -2.18. The number of benzene rings is 1. The quantitative estimate of drug-likeness (QED) is 0.722. The Morgan fingerprint density at radius 1 is 1.11 bits per heavy atom. The fourth-order valence-corrected chi connectivity index (χ4v) is 1.84. The molecule has 3 heteroatoms. The summed E-state index contributed by atoms with van der Waals surface area (Å²) in [4.78, 5) is 0. The second-order valence-electron chi connectivity index (χ2n) is 5.41. The maximum atomic E-state index is 9.78. The predicted molar refractivity (Wildman–Crippen MR) is 77.4 cm³/mol. The molecule has 19 heavy (non-hydrogen) atoms. The molecule has 0 saturated carbocycles. The zero-order chi connectivity index (χ0) is 14.1. The van der Waals surface area contributed by atoms with Gasteiger partial charge in [-0.3, -0.25) is 0 Å². The smallest absolute Gasteiger partial charge is 0.119 e. The van der Waals surface area contributed by atoms with Gasteiger partial charge in [0.05, 0.1) is 6.10 Å². The van der Waals surface area contributed by atoms with Gasteiger partial charge < -0.3 is 14.9 Å². The molecule has 0 aromatic heterocycles. The molecule has 1 atom stereocenters. The van der Waals surface area contributed by atoms with E-state index in [9.17, 15) is 5.11 Å². The molecule has 2 N–H and O–H groups in total. The van der Waals surface area contributed by atoms with Gasteiger partial charge in [-0.1, -0.05) is 26.0 Å². The lowest BCUT2D eigenvalue weighted by molar-refractivity contribution is 0.0950. The van der Waals surface area contributed by atoms with E-state index in [1.54, 1.807) is 0 Å². The number of aliphatic hydroxyl groups excluding tert-OH is 2. The maximum Gasteiger partial charge on any atom is 0.119 e. The van der Waals surface area contributed by atoms with Gasteiger partial charge in [-0.2, -0.15) is 0 Å². The minimum Gasteiger partial charge on any atom is -0.491 e. The zero-order valence-electron chi connectivity index (χ0n) is 12.0. The SMILES string of the molecule is CC(C)CCC(O)COc1ccc(CCCO)cc1. The van der Waals surface area contributed by atoms with Crippen LogP contribution in [0.2, 0.25) is 0 Å². The highest BCUT2D eigenvalue weighted by atomic mass is 16.5. The average molecular weight is 266 g/mol. The van der Waals surface area contributed by atoms with E-state index >= 15 is 0 Å². The molecule has 1 rings (SSSR count). The van der Waals surface area contributed by atoms with Crippen LogP contribution in [0.3, 0.4) is 0 Å². The molecule has 1 unspecified atom stereocenters. The first-order chi connectivity index (χ1) is 9.11. The van der Waals surface area contributed by atoms with Crippen LogP contribution in [-0.2, 0) is 6.42 Å². The molecule has 0 fully saturated rings. The number of aryl methyl sites for hydroxylation is 1. The Bertz CT molecular complexity index is 332. The van der Waals surface area contributed by atoms with Crippen molar-refractivity contribution in [2.75, 3.05) is 13.2 Å². The van der Waals surface area contributed by atoms with Gasteiger partial charge in [-0.25, -0.2) is 0 Å². The lowest BCUT2D eigenvalue weighted by atomic mass is 10.1. The number of aliphatic hydroxyl groups is 2. The molecule has 0 aliphatic rings. The topological polar surface area (TPSA) is 49.7 Å². The second kappa shape index (κ2) is 8.94. The molecule has 0 bridgehead atoms.